The molecule has 0 saturated carbocycles. The molecule has 1 fully saturated rings. The van der Waals surface area contributed by atoms with Gasteiger partial charge in [-0.2, -0.15) is 0 Å². The van der Waals surface area contributed by atoms with Crippen molar-refractivity contribution >= 4 is 29.5 Å². The molecule has 23 heavy (non-hydrogen) atoms. The van der Waals surface area contributed by atoms with Crippen molar-refractivity contribution in [2.45, 2.75) is 31.2 Å². The molecule has 0 radical (unpaired) electrons. The van der Waals surface area contributed by atoms with E-state index in [0.29, 0.717) is 12.3 Å². The quantitative estimate of drug-likeness (QED) is 0.753. The predicted octanol–water partition coefficient (Wildman–Crippen LogP) is 0.856. The van der Waals surface area contributed by atoms with E-state index in [2.05, 4.69) is 10.6 Å². The minimum atomic E-state index is -0.629. The molecule has 1 saturated heterocycles. The van der Waals surface area contributed by atoms with Crippen LogP contribution in [-0.2, 0) is 25.7 Å². The van der Waals surface area contributed by atoms with Crippen molar-refractivity contribution in [2.75, 3.05) is 12.4 Å². The van der Waals surface area contributed by atoms with Crippen molar-refractivity contribution in [1.29, 1.82) is 0 Å². The number of rotatable bonds is 6. The molecule has 0 spiro atoms. The molecule has 1 aromatic carbocycles. The van der Waals surface area contributed by atoms with Gasteiger partial charge in [-0.1, -0.05) is 30.3 Å². The zero-order valence-corrected chi connectivity index (χ0v) is 13.7. The molecule has 2 atom stereocenters. The molecule has 6 nitrogen and oxygen atoms in total. The molecule has 2 amide bonds. The summed E-state index contributed by atoms with van der Waals surface area (Å²) in [6.45, 7) is 2.43. The summed E-state index contributed by atoms with van der Waals surface area (Å²) >= 11 is 1.31. The topological polar surface area (TPSA) is 84.5 Å². The van der Waals surface area contributed by atoms with Crippen molar-refractivity contribution in [2.24, 2.45) is 0 Å². The molecular weight excluding hydrogens is 316 g/mol. The lowest BCUT2D eigenvalue weighted by molar-refractivity contribution is -0.146. The third-order valence-electron chi connectivity index (χ3n) is 3.35. The van der Waals surface area contributed by atoms with Crippen LogP contribution in [0.3, 0.4) is 0 Å². The number of nitrogens with one attached hydrogen (secondary N) is 2. The van der Waals surface area contributed by atoms with E-state index in [1.165, 1.54) is 11.8 Å². The number of hydrogen-bond acceptors (Lipinski definition) is 5. The van der Waals surface area contributed by atoms with E-state index < -0.39 is 17.3 Å². The lowest BCUT2D eigenvalue weighted by Gasteiger charge is -2.27. The van der Waals surface area contributed by atoms with Gasteiger partial charge in [-0.3, -0.25) is 9.59 Å². The van der Waals surface area contributed by atoms with Gasteiger partial charge in [0.2, 0.25) is 11.8 Å². The second-order valence-electron chi connectivity index (χ2n) is 5.10. The SMILES string of the molecule is CCOC(=O)[C@H]1CS[C@H](CC(=O)NCc2ccccc2)C(=O)N1. The van der Waals surface area contributed by atoms with E-state index in [0.717, 1.165) is 5.56 Å². The normalized spacial score (nSPS) is 20.5. The van der Waals surface area contributed by atoms with Crippen LogP contribution in [0.5, 0.6) is 0 Å². The van der Waals surface area contributed by atoms with Gasteiger partial charge < -0.3 is 15.4 Å². The molecule has 0 aliphatic carbocycles. The molecule has 124 valence electrons. The molecule has 1 heterocycles. The minimum Gasteiger partial charge on any atom is -0.464 e. The van der Waals surface area contributed by atoms with Gasteiger partial charge in [0, 0.05) is 18.7 Å². The van der Waals surface area contributed by atoms with Crippen LogP contribution in [0.1, 0.15) is 18.9 Å². The summed E-state index contributed by atoms with van der Waals surface area (Å²) in [4.78, 5) is 35.6. The fraction of sp³-hybridized carbons (Fsp3) is 0.438. The van der Waals surface area contributed by atoms with E-state index >= 15 is 0 Å². The molecule has 7 heteroatoms. The van der Waals surface area contributed by atoms with Crippen LogP contribution in [0, 0.1) is 0 Å². The van der Waals surface area contributed by atoms with Crippen molar-refractivity contribution < 1.29 is 19.1 Å². The second-order valence-corrected chi connectivity index (χ2v) is 6.34. The summed E-state index contributed by atoms with van der Waals surface area (Å²) in [6, 6.07) is 8.94. The Kier molecular flexibility index (Phi) is 6.46. The maximum Gasteiger partial charge on any atom is 0.329 e. The fourth-order valence-corrected chi connectivity index (χ4v) is 3.29. The van der Waals surface area contributed by atoms with E-state index in [9.17, 15) is 14.4 Å². The first-order chi connectivity index (χ1) is 11.1. The summed E-state index contributed by atoms with van der Waals surface area (Å²) in [5, 5.41) is 4.94. The van der Waals surface area contributed by atoms with Crippen LogP contribution in [0.2, 0.25) is 0 Å². The van der Waals surface area contributed by atoms with Gasteiger partial charge in [0.05, 0.1) is 11.9 Å². The van der Waals surface area contributed by atoms with Gasteiger partial charge >= 0.3 is 5.97 Å². The third-order valence-corrected chi connectivity index (χ3v) is 4.66. The van der Waals surface area contributed by atoms with Crippen LogP contribution < -0.4 is 10.6 Å². The van der Waals surface area contributed by atoms with Crippen molar-refractivity contribution in [3.05, 3.63) is 35.9 Å². The van der Waals surface area contributed by atoms with Crippen LogP contribution in [-0.4, -0.2) is 41.4 Å². The van der Waals surface area contributed by atoms with Crippen molar-refractivity contribution in [3.63, 3.8) is 0 Å². The highest BCUT2D eigenvalue weighted by molar-refractivity contribution is 8.00. The average Bonchev–Trinajstić information content (AvgIpc) is 2.56. The minimum absolute atomic E-state index is 0.0961. The Morgan fingerprint density at radius 1 is 1.35 bits per heavy atom. The Morgan fingerprint density at radius 2 is 2.09 bits per heavy atom. The zero-order valence-electron chi connectivity index (χ0n) is 12.9. The molecule has 2 rings (SSSR count). The average molecular weight is 336 g/mol. The molecule has 0 aromatic heterocycles. The summed E-state index contributed by atoms with van der Waals surface area (Å²) < 4.78 is 4.89. The van der Waals surface area contributed by atoms with Gasteiger partial charge in [-0.25, -0.2) is 4.79 Å². The maximum atomic E-state index is 12.0. The van der Waals surface area contributed by atoms with Crippen LogP contribution >= 0.6 is 11.8 Å². The summed E-state index contributed by atoms with van der Waals surface area (Å²) in [5.41, 5.74) is 1.00. The number of benzene rings is 1. The Bertz CT molecular complexity index is 564. The van der Waals surface area contributed by atoms with Crippen LogP contribution in [0.4, 0.5) is 0 Å². The molecule has 0 bridgehead atoms. The standard InChI is InChI=1S/C16H20N2O4S/c1-2-22-16(21)12-10-23-13(15(20)18-12)8-14(19)17-9-11-6-4-3-5-7-11/h3-7,12-13H,2,8-10H2,1H3,(H,17,19)(H,18,20)/t12-,13-/m1/s1. The highest BCUT2D eigenvalue weighted by Gasteiger charge is 2.34. The predicted molar refractivity (Wildman–Crippen MR) is 87.7 cm³/mol. The van der Waals surface area contributed by atoms with E-state index in [1.54, 1.807) is 6.92 Å². The highest BCUT2D eigenvalue weighted by Crippen LogP contribution is 2.21. The number of carbonyl (C=O) groups is 3. The number of esters is 1. The first-order valence-electron chi connectivity index (χ1n) is 7.49. The summed E-state index contributed by atoms with van der Waals surface area (Å²) in [6.07, 6.45) is 0.0961. The smallest absolute Gasteiger partial charge is 0.329 e. The molecule has 1 aliphatic rings. The Labute approximate surface area is 139 Å². The number of hydrogen-bond donors (Lipinski definition) is 2. The van der Waals surface area contributed by atoms with Crippen molar-refractivity contribution in [3.8, 4) is 0 Å². The summed E-state index contributed by atoms with van der Waals surface area (Å²) in [5.74, 6) is -0.494. The first kappa shape index (κ1) is 17.3. The Balaban J connectivity index is 1.76. The second kappa shape index (κ2) is 8.57. The van der Waals surface area contributed by atoms with Gasteiger partial charge in [-0.15, -0.1) is 11.8 Å². The van der Waals surface area contributed by atoms with Gasteiger partial charge in [0.1, 0.15) is 6.04 Å². The largest absolute Gasteiger partial charge is 0.464 e. The van der Waals surface area contributed by atoms with Gasteiger partial charge in [-0.05, 0) is 12.5 Å². The molecular formula is C16H20N2O4S. The summed E-state index contributed by atoms with van der Waals surface area (Å²) in [7, 11) is 0. The van der Waals surface area contributed by atoms with Gasteiger partial charge in [0.25, 0.3) is 0 Å². The molecule has 1 aliphatic heterocycles. The van der Waals surface area contributed by atoms with Gasteiger partial charge in [0.15, 0.2) is 0 Å². The van der Waals surface area contributed by atoms with E-state index in [-0.39, 0.29) is 24.8 Å². The lowest BCUT2D eigenvalue weighted by atomic mass is 10.2. The number of thioether (sulfide) groups is 1. The monoisotopic (exact) mass is 336 g/mol. The Hall–Kier alpha value is -2.02. The maximum absolute atomic E-state index is 12.0. The number of ether oxygens (including phenoxy) is 1. The molecule has 2 N–H and O–H groups in total. The van der Waals surface area contributed by atoms with E-state index in [4.69, 9.17) is 4.74 Å². The molecule has 1 aromatic rings. The lowest BCUT2D eigenvalue weighted by Crippen LogP contribution is -2.52. The highest BCUT2D eigenvalue weighted by atomic mass is 32.2. The number of amides is 2. The van der Waals surface area contributed by atoms with Crippen LogP contribution in [0.25, 0.3) is 0 Å². The first-order valence-corrected chi connectivity index (χ1v) is 8.54. The zero-order chi connectivity index (χ0) is 16.7. The number of carbonyl (C=O) groups excluding carboxylic acids is 3. The van der Waals surface area contributed by atoms with Crippen molar-refractivity contribution in [1.82, 2.24) is 10.6 Å². The Morgan fingerprint density at radius 3 is 2.74 bits per heavy atom. The van der Waals surface area contributed by atoms with E-state index in [1.807, 2.05) is 30.3 Å². The third kappa shape index (κ3) is 5.28. The fourth-order valence-electron chi connectivity index (χ4n) is 2.15. The van der Waals surface area contributed by atoms with Crippen LogP contribution in [0.15, 0.2) is 30.3 Å². The molecule has 0 unspecified atom stereocenters.